The Morgan fingerprint density at radius 2 is 1.86 bits per heavy atom. The summed E-state index contributed by atoms with van der Waals surface area (Å²) in [6.07, 6.45) is 4.90. The van der Waals surface area contributed by atoms with Crippen molar-refractivity contribution in [1.29, 1.82) is 0 Å². The fourth-order valence-corrected chi connectivity index (χ4v) is 2.67. The summed E-state index contributed by atoms with van der Waals surface area (Å²) in [5, 5.41) is 11.8. The number of hydrogen-bond acceptors (Lipinski definition) is 2. The van der Waals surface area contributed by atoms with E-state index in [0.29, 0.717) is 13.0 Å². The summed E-state index contributed by atoms with van der Waals surface area (Å²) in [5.74, 6) is -0.834. The molecule has 1 aliphatic carbocycles. The number of para-hydroxylation sites is 1. The first-order chi connectivity index (χ1) is 10.2. The number of hydrogen-bond donors (Lipinski definition) is 2. The Hall–Kier alpha value is -2.04. The number of carboxylic acid groups (broad SMARTS) is 1. The SMILES string of the molecule is O=C(O)CCCN(C(=O)NC1CCCC1)c1ccccc1. The molecule has 0 spiro atoms. The highest BCUT2D eigenvalue weighted by atomic mass is 16.4. The molecule has 0 saturated heterocycles. The first-order valence-electron chi connectivity index (χ1n) is 7.51. The molecular formula is C16H22N2O3. The van der Waals surface area contributed by atoms with Crippen LogP contribution in [0.15, 0.2) is 30.3 Å². The van der Waals surface area contributed by atoms with E-state index in [-0.39, 0.29) is 18.5 Å². The monoisotopic (exact) mass is 290 g/mol. The minimum Gasteiger partial charge on any atom is -0.481 e. The molecule has 0 radical (unpaired) electrons. The van der Waals surface area contributed by atoms with Gasteiger partial charge >= 0.3 is 12.0 Å². The molecule has 0 heterocycles. The second-order valence-electron chi connectivity index (χ2n) is 5.42. The molecule has 1 aromatic carbocycles. The van der Waals surface area contributed by atoms with Crippen LogP contribution in [0.2, 0.25) is 0 Å². The number of anilines is 1. The van der Waals surface area contributed by atoms with Gasteiger partial charge in [-0.05, 0) is 31.4 Å². The molecule has 21 heavy (non-hydrogen) atoms. The van der Waals surface area contributed by atoms with Gasteiger partial charge in [0.15, 0.2) is 0 Å². The molecule has 114 valence electrons. The number of aliphatic carboxylic acids is 1. The van der Waals surface area contributed by atoms with Crippen LogP contribution in [0.4, 0.5) is 10.5 Å². The van der Waals surface area contributed by atoms with Crippen molar-refractivity contribution in [3.63, 3.8) is 0 Å². The third-order valence-corrected chi connectivity index (χ3v) is 3.77. The van der Waals surface area contributed by atoms with E-state index in [9.17, 15) is 9.59 Å². The van der Waals surface area contributed by atoms with Crippen LogP contribution in [0.3, 0.4) is 0 Å². The number of carbonyl (C=O) groups excluding carboxylic acids is 1. The molecule has 1 fully saturated rings. The van der Waals surface area contributed by atoms with E-state index in [2.05, 4.69) is 5.32 Å². The molecule has 0 bridgehead atoms. The van der Waals surface area contributed by atoms with E-state index >= 15 is 0 Å². The molecule has 2 N–H and O–H groups in total. The smallest absolute Gasteiger partial charge is 0.322 e. The lowest BCUT2D eigenvalue weighted by Crippen LogP contribution is -2.44. The number of amides is 2. The quantitative estimate of drug-likeness (QED) is 0.846. The van der Waals surface area contributed by atoms with Crippen molar-refractivity contribution in [2.45, 2.75) is 44.6 Å². The van der Waals surface area contributed by atoms with Gasteiger partial charge < -0.3 is 10.4 Å². The number of urea groups is 1. The second-order valence-corrected chi connectivity index (χ2v) is 5.42. The Kier molecular flexibility index (Phi) is 5.60. The average Bonchev–Trinajstić information content (AvgIpc) is 2.97. The van der Waals surface area contributed by atoms with Crippen LogP contribution in [0, 0.1) is 0 Å². The first-order valence-corrected chi connectivity index (χ1v) is 7.51. The van der Waals surface area contributed by atoms with E-state index in [4.69, 9.17) is 5.11 Å². The standard InChI is InChI=1S/C16H22N2O3/c19-15(20)11-6-12-18(14-9-2-1-3-10-14)16(21)17-13-7-4-5-8-13/h1-3,9-10,13H,4-8,11-12H2,(H,17,21)(H,19,20). The Labute approximate surface area is 125 Å². The van der Waals surface area contributed by atoms with Crippen LogP contribution in [-0.2, 0) is 4.79 Å². The number of nitrogens with zero attached hydrogens (tertiary/aromatic N) is 1. The number of benzene rings is 1. The Bertz CT molecular complexity index is 470. The first kappa shape index (κ1) is 15.4. The van der Waals surface area contributed by atoms with E-state index in [1.54, 1.807) is 4.90 Å². The van der Waals surface area contributed by atoms with E-state index < -0.39 is 5.97 Å². The summed E-state index contributed by atoms with van der Waals surface area (Å²) in [6.45, 7) is 0.412. The zero-order valence-corrected chi connectivity index (χ0v) is 12.1. The van der Waals surface area contributed by atoms with E-state index in [1.807, 2.05) is 30.3 Å². The maximum Gasteiger partial charge on any atom is 0.322 e. The minimum absolute atomic E-state index is 0.0695. The fraction of sp³-hybridized carbons (Fsp3) is 0.500. The molecular weight excluding hydrogens is 268 g/mol. The maximum atomic E-state index is 12.4. The summed E-state index contributed by atoms with van der Waals surface area (Å²) in [5.41, 5.74) is 0.804. The van der Waals surface area contributed by atoms with Crippen LogP contribution < -0.4 is 10.2 Å². The van der Waals surface area contributed by atoms with E-state index in [1.165, 1.54) is 0 Å². The van der Waals surface area contributed by atoms with Gasteiger partial charge in [-0.25, -0.2) is 4.79 Å². The number of carboxylic acids is 1. The lowest BCUT2D eigenvalue weighted by Gasteiger charge is -2.25. The molecule has 2 amide bonds. The van der Waals surface area contributed by atoms with Gasteiger partial charge in [0, 0.05) is 24.7 Å². The summed E-state index contributed by atoms with van der Waals surface area (Å²) in [4.78, 5) is 24.7. The fourth-order valence-electron chi connectivity index (χ4n) is 2.67. The third kappa shape index (κ3) is 4.77. The topological polar surface area (TPSA) is 69.6 Å². The molecule has 0 aliphatic heterocycles. The van der Waals surface area contributed by atoms with Gasteiger partial charge in [-0.1, -0.05) is 31.0 Å². The van der Waals surface area contributed by atoms with Crippen LogP contribution >= 0.6 is 0 Å². The van der Waals surface area contributed by atoms with Gasteiger partial charge in [-0.2, -0.15) is 0 Å². The highest BCUT2D eigenvalue weighted by Crippen LogP contribution is 2.19. The van der Waals surface area contributed by atoms with Crippen LogP contribution in [0.25, 0.3) is 0 Å². The maximum absolute atomic E-state index is 12.4. The summed E-state index contributed by atoms with van der Waals surface area (Å²) >= 11 is 0. The lowest BCUT2D eigenvalue weighted by atomic mass is 10.2. The Morgan fingerprint density at radius 1 is 1.19 bits per heavy atom. The highest BCUT2D eigenvalue weighted by Gasteiger charge is 2.21. The predicted octanol–water partition coefficient (Wildman–Crippen LogP) is 3.01. The molecule has 0 unspecified atom stereocenters. The van der Waals surface area contributed by atoms with Crippen molar-refractivity contribution < 1.29 is 14.7 Å². The zero-order chi connectivity index (χ0) is 15.1. The normalized spacial score (nSPS) is 14.9. The third-order valence-electron chi connectivity index (χ3n) is 3.77. The molecule has 5 nitrogen and oxygen atoms in total. The Balaban J connectivity index is 1.99. The van der Waals surface area contributed by atoms with Crippen molar-refractivity contribution in [2.24, 2.45) is 0 Å². The van der Waals surface area contributed by atoms with Gasteiger partial charge in [0.05, 0.1) is 0 Å². The largest absolute Gasteiger partial charge is 0.481 e. The zero-order valence-electron chi connectivity index (χ0n) is 12.1. The van der Waals surface area contributed by atoms with Crippen molar-refractivity contribution in [1.82, 2.24) is 5.32 Å². The molecule has 2 rings (SSSR count). The van der Waals surface area contributed by atoms with Gasteiger partial charge in [0.1, 0.15) is 0 Å². The summed E-state index contributed by atoms with van der Waals surface area (Å²) < 4.78 is 0. The number of nitrogens with one attached hydrogen (secondary N) is 1. The molecule has 1 aromatic rings. The van der Waals surface area contributed by atoms with Crippen molar-refractivity contribution in [3.8, 4) is 0 Å². The minimum atomic E-state index is -0.834. The van der Waals surface area contributed by atoms with Crippen LogP contribution in [-0.4, -0.2) is 29.7 Å². The van der Waals surface area contributed by atoms with Crippen molar-refractivity contribution in [2.75, 3.05) is 11.4 Å². The predicted molar refractivity (Wildman–Crippen MR) is 81.4 cm³/mol. The average molecular weight is 290 g/mol. The van der Waals surface area contributed by atoms with E-state index in [0.717, 1.165) is 31.4 Å². The van der Waals surface area contributed by atoms with Crippen LogP contribution in [0.1, 0.15) is 38.5 Å². The number of carbonyl (C=O) groups is 2. The van der Waals surface area contributed by atoms with Gasteiger partial charge in [-0.15, -0.1) is 0 Å². The van der Waals surface area contributed by atoms with Gasteiger partial charge in [-0.3, -0.25) is 9.69 Å². The Morgan fingerprint density at radius 3 is 2.48 bits per heavy atom. The van der Waals surface area contributed by atoms with Crippen LogP contribution in [0.5, 0.6) is 0 Å². The van der Waals surface area contributed by atoms with Crippen molar-refractivity contribution in [3.05, 3.63) is 30.3 Å². The molecule has 1 aliphatic rings. The molecule has 0 aromatic heterocycles. The molecule has 1 saturated carbocycles. The van der Waals surface area contributed by atoms with Crippen molar-refractivity contribution >= 4 is 17.7 Å². The highest BCUT2D eigenvalue weighted by molar-refractivity contribution is 5.92. The number of rotatable bonds is 6. The summed E-state index contributed by atoms with van der Waals surface area (Å²) in [6, 6.07) is 9.52. The molecule has 0 atom stereocenters. The molecule has 5 heteroatoms. The van der Waals surface area contributed by atoms with Gasteiger partial charge in [0.2, 0.25) is 0 Å². The van der Waals surface area contributed by atoms with Gasteiger partial charge in [0.25, 0.3) is 0 Å². The lowest BCUT2D eigenvalue weighted by molar-refractivity contribution is -0.137. The summed E-state index contributed by atoms with van der Waals surface area (Å²) in [7, 11) is 0. The second kappa shape index (κ2) is 7.67.